The van der Waals surface area contributed by atoms with E-state index in [1.54, 1.807) is 6.07 Å². The molecule has 2 saturated heterocycles. The average molecular weight is 732 g/mol. The van der Waals surface area contributed by atoms with Crippen LogP contribution in [0.2, 0.25) is 0 Å². The Morgan fingerprint density at radius 2 is 1.82 bits per heavy atom. The van der Waals surface area contributed by atoms with Crippen LogP contribution in [0, 0.1) is 17.3 Å². The number of fused-ring (bicyclic) bond motifs is 2. The quantitative estimate of drug-likeness (QED) is 0.189. The monoisotopic (exact) mass is 731 g/mol. The van der Waals surface area contributed by atoms with Gasteiger partial charge in [0.25, 0.3) is 0 Å². The van der Waals surface area contributed by atoms with E-state index in [-0.39, 0.29) is 55.5 Å². The number of hydrogen-bond acceptors (Lipinski definition) is 10. The fourth-order valence-electron chi connectivity index (χ4n) is 6.75. The van der Waals surface area contributed by atoms with Crippen molar-refractivity contribution >= 4 is 22.0 Å². The highest BCUT2D eigenvalue weighted by molar-refractivity contribution is 7.89. The molecule has 3 aliphatic heterocycles. The minimum Gasteiger partial charge on any atom is -0.454 e. The number of carbonyl (C=O) groups excluding carboxylic acids is 2. The molecular formula is C37H53N3O10S. The standard InChI is InChI=1S/C37H53N3O10S/c1-25(2)18-34(42)38-16-9-8-15-37(3,4)23-40(51(44,45)27-12-13-31-32(20-27)49-24-48-31)21-30(41)29(19-26-10-6-5-7-11-26)39-36(43)50-33-22-47-35-28(33)14-17-46-35/h5-7,10-13,20,25,28-30,33,35,41H,8-9,14-19,21-24H2,1-4H3,(H,38,42)(H,39,43)/t28-,29-,30+,33-,35+/m0/s1. The van der Waals surface area contributed by atoms with Crippen molar-refractivity contribution in [1.29, 1.82) is 0 Å². The highest BCUT2D eigenvalue weighted by atomic mass is 32.2. The Balaban J connectivity index is 1.31. The number of alkyl carbamates (subject to hydrolysis) is 1. The Labute approximate surface area is 301 Å². The first-order valence-corrected chi connectivity index (χ1v) is 19.3. The smallest absolute Gasteiger partial charge is 0.407 e. The van der Waals surface area contributed by atoms with E-state index in [0.29, 0.717) is 43.9 Å². The molecule has 5 rings (SSSR count). The first-order valence-electron chi connectivity index (χ1n) is 17.9. The predicted molar refractivity (Wildman–Crippen MR) is 189 cm³/mol. The third kappa shape index (κ3) is 10.8. The van der Waals surface area contributed by atoms with Gasteiger partial charge >= 0.3 is 6.09 Å². The van der Waals surface area contributed by atoms with Gasteiger partial charge in [-0.2, -0.15) is 4.31 Å². The first kappa shape index (κ1) is 38.8. The van der Waals surface area contributed by atoms with Gasteiger partial charge in [-0.1, -0.05) is 64.4 Å². The number of nitrogens with one attached hydrogen (secondary N) is 2. The average Bonchev–Trinajstić information content (AvgIpc) is 3.83. The first-order chi connectivity index (χ1) is 24.3. The van der Waals surface area contributed by atoms with E-state index in [1.165, 1.54) is 16.4 Å². The number of aliphatic hydroxyl groups is 1. The van der Waals surface area contributed by atoms with Crippen LogP contribution in [-0.2, 0) is 35.4 Å². The van der Waals surface area contributed by atoms with Crippen molar-refractivity contribution in [3.63, 3.8) is 0 Å². The second-order valence-corrected chi connectivity index (χ2v) is 16.8. The van der Waals surface area contributed by atoms with E-state index in [2.05, 4.69) is 10.6 Å². The molecule has 51 heavy (non-hydrogen) atoms. The number of aliphatic hydroxyl groups excluding tert-OH is 1. The Bertz CT molecular complexity index is 1570. The van der Waals surface area contributed by atoms with E-state index in [4.69, 9.17) is 23.7 Å². The molecule has 0 aliphatic carbocycles. The summed E-state index contributed by atoms with van der Waals surface area (Å²) in [4.78, 5) is 25.4. The van der Waals surface area contributed by atoms with Crippen molar-refractivity contribution in [3.05, 3.63) is 54.1 Å². The minimum atomic E-state index is -4.17. The molecule has 0 bridgehead atoms. The van der Waals surface area contributed by atoms with Gasteiger partial charge in [0.1, 0.15) is 6.10 Å². The van der Waals surface area contributed by atoms with Gasteiger partial charge in [0.15, 0.2) is 17.8 Å². The summed E-state index contributed by atoms with van der Waals surface area (Å²) in [5, 5.41) is 17.6. The summed E-state index contributed by atoms with van der Waals surface area (Å²) in [6.45, 7) is 9.06. The highest BCUT2D eigenvalue weighted by Crippen LogP contribution is 2.36. The number of nitrogens with zero attached hydrogens (tertiary/aromatic N) is 1. The largest absolute Gasteiger partial charge is 0.454 e. The summed E-state index contributed by atoms with van der Waals surface area (Å²) in [6.07, 6.45) is 0.693. The van der Waals surface area contributed by atoms with Crippen LogP contribution in [0.3, 0.4) is 0 Å². The topological polar surface area (TPSA) is 162 Å². The van der Waals surface area contributed by atoms with Crippen molar-refractivity contribution in [3.8, 4) is 11.5 Å². The zero-order valence-electron chi connectivity index (χ0n) is 30.0. The zero-order valence-corrected chi connectivity index (χ0v) is 30.9. The Kier molecular flexibility index (Phi) is 13.2. The molecule has 282 valence electrons. The molecule has 14 heteroatoms. The second kappa shape index (κ2) is 17.4. The number of carbonyl (C=O) groups is 2. The maximum Gasteiger partial charge on any atom is 0.407 e. The molecule has 0 saturated carbocycles. The van der Waals surface area contributed by atoms with Gasteiger partial charge in [0, 0.05) is 32.1 Å². The molecule has 13 nitrogen and oxygen atoms in total. The maximum absolute atomic E-state index is 14.4. The fraction of sp³-hybridized carbons (Fsp3) is 0.622. The van der Waals surface area contributed by atoms with Crippen molar-refractivity contribution in [2.24, 2.45) is 17.3 Å². The molecule has 2 aromatic rings. The van der Waals surface area contributed by atoms with Crippen LogP contribution in [0.5, 0.6) is 11.5 Å². The van der Waals surface area contributed by atoms with E-state index < -0.39 is 46.1 Å². The summed E-state index contributed by atoms with van der Waals surface area (Å²) in [5.41, 5.74) is 0.343. The van der Waals surface area contributed by atoms with Crippen LogP contribution in [-0.4, -0.2) is 94.0 Å². The second-order valence-electron chi connectivity index (χ2n) is 14.9. The summed E-state index contributed by atoms with van der Waals surface area (Å²) in [7, 11) is -4.17. The van der Waals surface area contributed by atoms with Crippen LogP contribution in [0.25, 0.3) is 0 Å². The lowest BCUT2D eigenvalue weighted by atomic mass is 9.87. The molecule has 5 atom stereocenters. The molecule has 0 radical (unpaired) electrons. The van der Waals surface area contributed by atoms with E-state index in [1.807, 2.05) is 58.0 Å². The molecular weight excluding hydrogens is 678 g/mol. The molecule has 0 spiro atoms. The van der Waals surface area contributed by atoms with Crippen LogP contribution >= 0.6 is 0 Å². The fourth-order valence-corrected chi connectivity index (χ4v) is 8.41. The third-order valence-corrected chi connectivity index (χ3v) is 11.3. The summed E-state index contributed by atoms with van der Waals surface area (Å²) in [5.74, 6) is 1.02. The number of unbranched alkanes of at least 4 members (excludes halogenated alkanes) is 1. The molecule has 2 amide bonds. The lowest BCUT2D eigenvalue weighted by Gasteiger charge is -2.35. The van der Waals surface area contributed by atoms with Gasteiger partial charge in [-0.05, 0) is 54.7 Å². The van der Waals surface area contributed by atoms with Crippen LogP contribution < -0.4 is 20.1 Å². The number of ether oxygens (including phenoxy) is 5. The van der Waals surface area contributed by atoms with E-state index in [0.717, 1.165) is 18.4 Å². The normalized spacial score (nSPS) is 21.0. The number of hydrogen-bond donors (Lipinski definition) is 3. The molecule has 2 aromatic carbocycles. The van der Waals surface area contributed by atoms with Gasteiger partial charge in [0.2, 0.25) is 22.7 Å². The number of sulfonamides is 1. The number of rotatable bonds is 18. The number of benzene rings is 2. The van der Waals surface area contributed by atoms with E-state index >= 15 is 0 Å². The third-order valence-electron chi connectivity index (χ3n) is 9.48. The zero-order chi connectivity index (χ0) is 36.6. The lowest BCUT2D eigenvalue weighted by Crippen LogP contribution is -2.52. The molecule has 0 aromatic heterocycles. The van der Waals surface area contributed by atoms with Gasteiger partial charge in [-0.3, -0.25) is 4.79 Å². The molecule has 0 unspecified atom stereocenters. The molecule has 3 heterocycles. The molecule has 3 aliphatic rings. The van der Waals surface area contributed by atoms with E-state index in [9.17, 15) is 23.1 Å². The van der Waals surface area contributed by atoms with Crippen LogP contribution in [0.4, 0.5) is 4.79 Å². The summed E-state index contributed by atoms with van der Waals surface area (Å²) in [6, 6.07) is 12.9. The van der Waals surface area contributed by atoms with Gasteiger partial charge in [0.05, 0.1) is 36.2 Å². The van der Waals surface area contributed by atoms with Gasteiger partial charge < -0.3 is 39.4 Å². The number of amides is 2. The lowest BCUT2D eigenvalue weighted by molar-refractivity contribution is -0.121. The predicted octanol–water partition coefficient (Wildman–Crippen LogP) is 4.22. The van der Waals surface area contributed by atoms with Gasteiger partial charge in [-0.15, -0.1) is 0 Å². The Morgan fingerprint density at radius 1 is 1.06 bits per heavy atom. The SMILES string of the molecule is CC(C)CC(=O)NCCCCC(C)(C)CN(C[C@@H](O)[C@H](Cc1ccccc1)NC(=O)O[C@H]1CO[C@H]2OCC[C@H]21)S(=O)(=O)c1ccc2c(c1)OCO2. The summed E-state index contributed by atoms with van der Waals surface area (Å²) < 4.78 is 57.8. The highest BCUT2D eigenvalue weighted by Gasteiger charge is 2.44. The minimum absolute atomic E-state index is 0.00341. The van der Waals surface area contributed by atoms with Crippen LogP contribution in [0.15, 0.2) is 53.4 Å². The Morgan fingerprint density at radius 3 is 2.59 bits per heavy atom. The van der Waals surface area contributed by atoms with Gasteiger partial charge in [-0.25, -0.2) is 13.2 Å². The summed E-state index contributed by atoms with van der Waals surface area (Å²) >= 11 is 0. The van der Waals surface area contributed by atoms with Crippen molar-refractivity contribution in [2.45, 2.75) is 95.7 Å². The van der Waals surface area contributed by atoms with Crippen molar-refractivity contribution in [1.82, 2.24) is 14.9 Å². The molecule has 2 fully saturated rings. The Hall–Kier alpha value is -3.43. The van der Waals surface area contributed by atoms with Crippen LogP contribution in [0.1, 0.15) is 65.4 Å². The van der Waals surface area contributed by atoms with Crippen molar-refractivity contribution < 1.29 is 46.8 Å². The van der Waals surface area contributed by atoms with Crippen molar-refractivity contribution in [2.75, 3.05) is 39.6 Å². The maximum atomic E-state index is 14.4. The molecule has 3 N–H and O–H groups in total.